The van der Waals surface area contributed by atoms with Crippen molar-refractivity contribution in [1.82, 2.24) is 4.98 Å². The molecule has 0 fully saturated rings. The summed E-state index contributed by atoms with van der Waals surface area (Å²) >= 11 is 0. The standard InChI is InChI=1S/C15H11N3O2/c16-18(20)11-7-5-10(6-8-11)14-9-15(19)12-3-1-2-4-13(12)17-14/h1-9H,(H2-,16,17,19,20)/p+1. The van der Waals surface area contributed by atoms with E-state index in [1.165, 1.54) is 0 Å². The van der Waals surface area contributed by atoms with Gasteiger partial charge in [0.1, 0.15) is 0 Å². The van der Waals surface area contributed by atoms with Gasteiger partial charge in [0, 0.05) is 34.8 Å². The molecule has 20 heavy (non-hydrogen) atoms. The third-order valence-corrected chi connectivity index (χ3v) is 3.17. The number of nitrogens with two attached hydrogens (primary N) is 1. The van der Waals surface area contributed by atoms with Gasteiger partial charge in [-0.3, -0.25) is 4.79 Å². The molecule has 3 rings (SSSR count). The largest absolute Gasteiger partial charge is 0.354 e. The SMILES string of the molecule is N[N+](=O)c1ccc(-c2cc(=O)c3ccccc3[nH]2)cc1. The van der Waals surface area contributed by atoms with Crippen molar-refractivity contribution in [3.63, 3.8) is 0 Å². The lowest BCUT2D eigenvalue weighted by atomic mass is 10.1. The van der Waals surface area contributed by atoms with Crippen LogP contribution in [0.3, 0.4) is 0 Å². The second kappa shape index (κ2) is 4.62. The van der Waals surface area contributed by atoms with Crippen molar-refractivity contribution in [2.75, 3.05) is 0 Å². The minimum absolute atomic E-state index is 0.0392. The van der Waals surface area contributed by atoms with E-state index in [0.717, 1.165) is 11.1 Å². The molecule has 0 unspecified atom stereocenters. The van der Waals surface area contributed by atoms with Gasteiger partial charge in [-0.15, -0.1) is 0 Å². The van der Waals surface area contributed by atoms with E-state index in [4.69, 9.17) is 5.84 Å². The Kier molecular flexibility index (Phi) is 2.80. The first-order valence-corrected chi connectivity index (χ1v) is 6.09. The van der Waals surface area contributed by atoms with Gasteiger partial charge in [-0.1, -0.05) is 12.1 Å². The molecule has 2 aromatic carbocycles. The molecule has 0 radical (unpaired) electrons. The first-order chi connectivity index (χ1) is 9.65. The van der Waals surface area contributed by atoms with E-state index >= 15 is 0 Å². The third-order valence-electron chi connectivity index (χ3n) is 3.17. The zero-order chi connectivity index (χ0) is 14.1. The molecule has 1 aromatic heterocycles. The van der Waals surface area contributed by atoms with E-state index in [9.17, 15) is 9.70 Å². The Morgan fingerprint density at radius 3 is 2.40 bits per heavy atom. The number of hydrogen-bond acceptors (Lipinski definition) is 2. The molecule has 0 saturated heterocycles. The summed E-state index contributed by atoms with van der Waals surface area (Å²) in [5, 5.41) is 0.653. The number of fused-ring (bicyclic) bond motifs is 1. The average Bonchev–Trinajstić information content (AvgIpc) is 2.47. The number of aromatic nitrogens is 1. The maximum atomic E-state index is 12.0. The van der Waals surface area contributed by atoms with Gasteiger partial charge in [0.2, 0.25) is 0 Å². The number of pyridine rings is 1. The fourth-order valence-corrected chi connectivity index (χ4v) is 2.14. The van der Waals surface area contributed by atoms with E-state index < -0.39 is 0 Å². The number of hydrazine groups is 1. The van der Waals surface area contributed by atoms with Crippen LogP contribution in [0.5, 0.6) is 0 Å². The molecule has 0 aliphatic carbocycles. The van der Waals surface area contributed by atoms with E-state index in [2.05, 4.69) is 4.98 Å². The molecule has 3 N–H and O–H groups in total. The van der Waals surface area contributed by atoms with Crippen molar-refractivity contribution in [2.45, 2.75) is 0 Å². The van der Waals surface area contributed by atoms with Crippen LogP contribution in [0.4, 0.5) is 5.69 Å². The minimum atomic E-state index is -0.0392. The van der Waals surface area contributed by atoms with Crippen LogP contribution in [0.2, 0.25) is 0 Å². The summed E-state index contributed by atoms with van der Waals surface area (Å²) in [5.41, 5.74) is 2.62. The summed E-state index contributed by atoms with van der Waals surface area (Å²) in [6.45, 7) is 0. The quantitative estimate of drug-likeness (QED) is 0.425. The van der Waals surface area contributed by atoms with Crippen LogP contribution in [0.15, 0.2) is 59.4 Å². The highest BCUT2D eigenvalue weighted by molar-refractivity contribution is 5.81. The number of rotatable bonds is 2. The zero-order valence-electron chi connectivity index (χ0n) is 10.5. The fraction of sp³-hybridized carbons (Fsp3) is 0. The smallest absolute Gasteiger partial charge is 0.291 e. The molecular formula is C15H12N3O2+. The molecule has 0 aliphatic rings. The van der Waals surface area contributed by atoms with Crippen LogP contribution in [-0.4, -0.2) is 9.85 Å². The molecule has 0 atom stereocenters. The number of nitrogens with one attached hydrogen (secondary N) is 1. The Balaban J connectivity index is 2.14. The Hall–Kier alpha value is -2.95. The Morgan fingerprint density at radius 1 is 1.00 bits per heavy atom. The van der Waals surface area contributed by atoms with Crippen molar-refractivity contribution >= 4 is 16.6 Å². The number of aromatic amines is 1. The Labute approximate surface area is 114 Å². The monoisotopic (exact) mass is 266 g/mol. The molecule has 0 spiro atoms. The summed E-state index contributed by atoms with van der Waals surface area (Å²) in [6, 6.07) is 15.6. The highest BCUT2D eigenvalue weighted by Crippen LogP contribution is 2.20. The number of benzene rings is 2. The first kappa shape index (κ1) is 12.1. The predicted octanol–water partition coefficient (Wildman–Crippen LogP) is 2.48. The fourth-order valence-electron chi connectivity index (χ4n) is 2.14. The number of para-hydroxylation sites is 1. The van der Waals surface area contributed by atoms with Crippen LogP contribution in [-0.2, 0) is 0 Å². The van der Waals surface area contributed by atoms with Gasteiger partial charge in [0.05, 0.1) is 4.91 Å². The van der Waals surface area contributed by atoms with Crippen LogP contribution < -0.4 is 11.3 Å². The predicted molar refractivity (Wildman–Crippen MR) is 77.5 cm³/mol. The van der Waals surface area contributed by atoms with E-state index in [1.54, 1.807) is 36.4 Å². The normalized spacial score (nSPS) is 10.6. The van der Waals surface area contributed by atoms with Crippen LogP contribution >= 0.6 is 0 Å². The van der Waals surface area contributed by atoms with Gasteiger partial charge in [0.25, 0.3) is 5.69 Å². The lowest BCUT2D eigenvalue weighted by Gasteiger charge is -2.04. The Morgan fingerprint density at radius 2 is 1.70 bits per heavy atom. The molecule has 5 heteroatoms. The van der Waals surface area contributed by atoms with Crippen LogP contribution in [0, 0.1) is 4.91 Å². The molecule has 0 saturated carbocycles. The van der Waals surface area contributed by atoms with Crippen molar-refractivity contribution in [2.24, 2.45) is 5.84 Å². The van der Waals surface area contributed by atoms with Gasteiger partial charge in [-0.2, -0.15) is 5.84 Å². The summed E-state index contributed by atoms with van der Waals surface area (Å²) in [4.78, 5) is 26.5. The molecule has 0 amide bonds. The van der Waals surface area contributed by atoms with E-state index in [0.29, 0.717) is 21.6 Å². The Bertz CT molecular complexity index is 851. The van der Waals surface area contributed by atoms with Crippen molar-refractivity contribution < 1.29 is 4.87 Å². The first-order valence-electron chi connectivity index (χ1n) is 6.09. The number of nitroso groups, excluding NO2 is 1. The van der Waals surface area contributed by atoms with Gasteiger partial charge in [-0.25, -0.2) is 0 Å². The van der Waals surface area contributed by atoms with Crippen LogP contribution in [0.25, 0.3) is 22.2 Å². The highest BCUT2D eigenvalue weighted by Gasteiger charge is 2.09. The molecule has 0 aliphatic heterocycles. The van der Waals surface area contributed by atoms with Crippen molar-refractivity contribution in [3.8, 4) is 11.3 Å². The number of hydrogen-bond donors (Lipinski definition) is 2. The third kappa shape index (κ3) is 2.05. The molecular weight excluding hydrogens is 254 g/mol. The molecule has 3 aromatic rings. The van der Waals surface area contributed by atoms with Crippen LogP contribution in [0.1, 0.15) is 0 Å². The molecule has 98 valence electrons. The summed E-state index contributed by atoms with van der Waals surface area (Å²) in [5.74, 6) is 5.12. The van der Waals surface area contributed by atoms with E-state index in [1.807, 2.05) is 18.2 Å². The van der Waals surface area contributed by atoms with Gasteiger partial charge >= 0.3 is 0 Å². The summed E-state index contributed by atoms with van der Waals surface area (Å²) in [6.07, 6.45) is 0. The maximum absolute atomic E-state index is 12.0. The topological polar surface area (TPSA) is 79.0 Å². The minimum Gasteiger partial charge on any atom is -0.354 e. The zero-order valence-corrected chi connectivity index (χ0v) is 10.5. The average molecular weight is 266 g/mol. The second-order valence-electron chi connectivity index (χ2n) is 4.47. The number of H-pyrrole nitrogens is 1. The molecule has 0 bridgehead atoms. The summed E-state index contributed by atoms with van der Waals surface area (Å²) < 4.78 is 0. The van der Waals surface area contributed by atoms with Crippen molar-refractivity contribution in [3.05, 3.63) is 69.7 Å². The van der Waals surface area contributed by atoms with E-state index in [-0.39, 0.29) is 5.43 Å². The molecule has 5 nitrogen and oxygen atoms in total. The summed E-state index contributed by atoms with van der Waals surface area (Å²) in [7, 11) is 0. The lowest BCUT2D eigenvalue weighted by Crippen LogP contribution is -2.08. The second-order valence-corrected chi connectivity index (χ2v) is 4.47. The van der Waals surface area contributed by atoms with Crippen molar-refractivity contribution in [1.29, 1.82) is 0 Å². The highest BCUT2D eigenvalue weighted by atomic mass is 16.3. The van der Waals surface area contributed by atoms with Gasteiger partial charge in [0.15, 0.2) is 10.3 Å². The van der Waals surface area contributed by atoms with Gasteiger partial charge in [-0.05, 0) is 29.8 Å². The maximum Gasteiger partial charge on any atom is 0.291 e. The lowest BCUT2D eigenvalue weighted by molar-refractivity contribution is -0.474. The number of nitrogens with zero attached hydrogens (tertiary/aromatic N) is 1. The molecule has 1 heterocycles. The van der Waals surface area contributed by atoms with Gasteiger partial charge < -0.3 is 4.98 Å².